The number of phenols is 1. The molecule has 0 saturated heterocycles. The third kappa shape index (κ3) is 16.1. The van der Waals surface area contributed by atoms with Gasteiger partial charge in [-0.3, -0.25) is 29.0 Å². The molecule has 4 amide bonds. The zero-order valence-electron chi connectivity index (χ0n) is 28.8. The molecule has 5 atom stereocenters. The number of hydrogen-bond donors (Lipinski definition) is 10. The molecule has 0 aliphatic carbocycles. The maximum absolute atomic E-state index is 13.6. The monoisotopic (exact) mass is 744 g/mol. The first-order valence-electron chi connectivity index (χ1n) is 16.5. The van der Waals surface area contributed by atoms with Crippen molar-refractivity contribution in [3.05, 3.63) is 65.7 Å². The number of hydrogen-bond acceptors (Lipinski definition) is 10. The number of phenolic OH excluding ortho intramolecular Hbond substituents is 1. The number of carbonyl (C=O) groups is 6. The van der Waals surface area contributed by atoms with Crippen LogP contribution in [0.4, 0.5) is 0 Å². The Morgan fingerprint density at radius 2 is 1.23 bits per heavy atom. The van der Waals surface area contributed by atoms with Gasteiger partial charge < -0.3 is 53.8 Å². The van der Waals surface area contributed by atoms with Crippen molar-refractivity contribution in [3.8, 4) is 5.75 Å². The molecule has 0 bridgehead atoms. The van der Waals surface area contributed by atoms with Crippen LogP contribution in [0.25, 0.3) is 0 Å². The van der Waals surface area contributed by atoms with Gasteiger partial charge in [-0.15, -0.1) is 0 Å². The Morgan fingerprint density at radius 1 is 0.712 bits per heavy atom. The first-order chi connectivity index (χ1) is 24.7. The number of amides is 4. The van der Waals surface area contributed by atoms with E-state index in [9.17, 15) is 44.1 Å². The number of thioether (sulfide) groups is 1. The molecule has 0 saturated carbocycles. The van der Waals surface area contributed by atoms with Gasteiger partial charge in [-0.1, -0.05) is 42.5 Å². The van der Waals surface area contributed by atoms with Crippen LogP contribution >= 0.6 is 11.8 Å². The third-order valence-electron chi connectivity index (χ3n) is 7.73. The van der Waals surface area contributed by atoms with Crippen LogP contribution in [0.3, 0.4) is 0 Å². The van der Waals surface area contributed by atoms with Crippen molar-refractivity contribution >= 4 is 53.3 Å². The summed E-state index contributed by atoms with van der Waals surface area (Å²) in [7, 11) is 0. The van der Waals surface area contributed by atoms with E-state index < -0.39 is 72.2 Å². The summed E-state index contributed by atoms with van der Waals surface area (Å²) in [6, 6.07) is 8.34. The Balaban J connectivity index is 2.25. The highest BCUT2D eigenvalue weighted by Crippen LogP contribution is 2.12. The fourth-order valence-corrected chi connectivity index (χ4v) is 5.41. The summed E-state index contributed by atoms with van der Waals surface area (Å²) in [6.45, 7) is 0.0826. The topological polar surface area (TPSA) is 302 Å². The van der Waals surface area contributed by atoms with Gasteiger partial charge in [0.15, 0.2) is 5.96 Å². The lowest BCUT2D eigenvalue weighted by molar-refractivity contribution is -0.142. The van der Waals surface area contributed by atoms with Crippen LogP contribution in [-0.4, -0.2) is 106 Å². The maximum Gasteiger partial charge on any atom is 0.326 e. The first-order valence-corrected chi connectivity index (χ1v) is 17.9. The molecule has 2 aromatic rings. The van der Waals surface area contributed by atoms with Crippen molar-refractivity contribution in [2.45, 2.75) is 75.2 Å². The molecule has 0 aliphatic rings. The summed E-state index contributed by atoms with van der Waals surface area (Å²) < 4.78 is 0. The molecule has 13 N–H and O–H groups in total. The van der Waals surface area contributed by atoms with Crippen molar-refractivity contribution in [2.24, 2.45) is 22.2 Å². The average Bonchev–Trinajstić information content (AvgIpc) is 3.10. The standard InChI is InChI=1S/C34H48N8O9S/c1-52-17-15-26(39-29(46)23(35)18-21-9-11-22(43)12-10-21)32(49)41-25(13-14-28(44)45)31(48)40-24(8-5-16-38-34(36)37)30(47)42-27(33(50)51)19-20-6-3-2-4-7-20/h2-4,6-7,9-12,23-27,43H,5,8,13-19,35H2,1H3,(H,39,46)(H,40,48)(H,41,49)(H,42,47)(H,44,45)(H,50,51)(H4,36,37,38)/t23-,24-,25-,26-,27-/m0/s1. The number of aliphatic carboxylic acids is 2. The molecule has 0 aliphatic heterocycles. The SMILES string of the molecule is CSCC[C@H](NC(=O)[C@@H](N)Cc1ccc(O)cc1)C(=O)N[C@@H](CCC(=O)O)C(=O)N[C@@H](CCCN=C(N)N)C(=O)N[C@@H](Cc1ccccc1)C(=O)O. The minimum Gasteiger partial charge on any atom is -0.508 e. The van der Waals surface area contributed by atoms with Crippen molar-refractivity contribution < 1.29 is 44.1 Å². The zero-order chi connectivity index (χ0) is 38.6. The van der Waals surface area contributed by atoms with Gasteiger partial charge >= 0.3 is 11.9 Å². The Labute approximate surface area is 305 Å². The zero-order valence-corrected chi connectivity index (χ0v) is 29.6. The van der Waals surface area contributed by atoms with E-state index in [-0.39, 0.29) is 56.8 Å². The molecule has 0 heterocycles. The van der Waals surface area contributed by atoms with Gasteiger partial charge in [-0.05, 0) is 67.4 Å². The van der Waals surface area contributed by atoms with Crippen molar-refractivity contribution in [1.82, 2.24) is 21.3 Å². The molecule has 0 radical (unpaired) electrons. The van der Waals surface area contributed by atoms with E-state index in [0.29, 0.717) is 16.9 Å². The minimum absolute atomic E-state index is 0.0440. The Kier molecular flexibility index (Phi) is 18.5. The van der Waals surface area contributed by atoms with E-state index in [4.69, 9.17) is 17.2 Å². The second kappa shape index (κ2) is 22.5. The average molecular weight is 745 g/mol. The molecule has 0 unspecified atom stereocenters. The molecule has 2 aromatic carbocycles. The molecular weight excluding hydrogens is 696 g/mol. The second-order valence-corrected chi connectivity index (χ2v) is 12.9. The Hall–Kier alpha value is -5.36. The number of carboxylic acids is 2. The Bertz CT molecular complexity index is 1520. The number of carboxylic acid groups (broad SMARTS) is 2. The number of aliphatic imine (C=N–C) groups is 1. The highest BCUT2D eigenvalue weighted by atomic mass is 32.2. The number of benzene rings is 2. The van der Waals surface area contributed by atoms with Gasteiger partial charge in [0.25, 0.3) is 0 Å². The molecular formula is C34H48N8O9S. The smallest absolute Gasteiger partial charge is 0.326 e. The van der Waals surface area contributed by atoms with Crippen LogP contribution in [-0.2, 0) is 41.6 Å². The van der Waals surface area contributed by atoms with Gasteiger partial charge in [-0.2, -0.15) is 11.8 Å². The predicted octanol–water partition coefficient (Wildman–Crippen LogP) is -0.800. The summed E-state index contributed by atoms with van der Waals surface area (Å²) in [5, 5.41) is 38.8. The van der Waals surface area contributed by atoms with E-state index >= 15 is 0 Å². The van der Waals surface area contributed by atoms with E-state index in [1.807, 2.05) is 0 Å². The molecule has 284 valence electrons. The largest absolute Gasteiger partial charge is 0.508 e. The van der Waals surface area contributed by atoms with Gasteiger partial charge in [0, 0.05) is 19.4 Å². The summed E-state index contributed by atoms with van der Waals surface area (Å²) in [5.41, 5.74) is 18.2. The number of aromatic hydroxyl groups is 1. The molecule has 17 nitrogen and oxygen atoms in total. The summed E-state index contributed by atoms with van der Waals surface area (Å²) in [6.07, 6.45) is 1.24. The second-order valence-electron chi connectivity index (χ2n) is 11.9. The van der Waals surface area contributed by atoms with Crippen LogP contribution in [0.2, 0.25) is 0 Å². The molecule has 2 rings (SSSR count). The summed E-state index contributed by atoms with van der Waals surface area (Å²) >= 11 is 1.40. The molecule has 0 spiro atoms. The molecule has 52 heavy (non-hydrogen) atoms. The van der Waals surface area contributed by atoms with Gasteiger partial charge in [0.2, 0.25) is 23.6 Å². The lowest BCUT2D eigenvalue weighted by atomic mass is 10.0. The molecule has 0 fully saturated rings. The number of nitrogens with zero attached hydrogens (tertiary/aromatic N) is 1. The van der Waals surface area contributed by atoms with Crippen LogP contribution in [0.5, 0.6) is 5.75 Å². The van der Waals surface area contributed by atoms with Crippen molar-refractivity contribution in [1.29, 1.82) is 0 Å². The van der Waals surface area contributed by atoms with Gasteiger partial charge in [0.1, 0.15) is 29.9 Å². The molecule has 0 aromatic heterocycles. The van der Waals surface area contributed by atoms with Crippen LogP contribution in [0.1, 0.15) is 43.2 Å². The number of nitrogens with one attached hydrogen (secondary N) is 4. The fourth-order valence-electron chi connectivity index (χ4n) is 4.94. The number of rotatable bonds is 23. The van der Waals surface area contributed by atoms with Crippen molar-refractivity contribution in [3.63, 3.8) is 0 Å². The van der Waals surface area contributed by atoms with E-state index in [2.05, 4.69) is 26.3 Å². The van der Waals surface area contributed by atoms with E-state index in [1.54, 1.807) is 48.7 Å². The van der Waals surface area contributed by atoms with Crippen LogP contribution < -0.4 is 38.5 Å². The van der Waals surface area contributed by atoms with Crippen LogP contribution in [0.15, 0.2) is 59.6 Å². The number of carbonyl (C=O) groups excluding carboxylic acids is 4. The highest BCUT2D eigenvalue weighted by molar-refractivity contribution is 7.98. The fraction of sp³-hybridized carbons (Fsp3) is 0.441. The van der Waals surface area contributed by atoms with Crippen LogP contribution in [0, 0.1) is 0 Å². The summed E-state index contributed by atoms with van der Waals surface area (Å²) in [4.78, 5) is 81.1. The van der Waals surface area contributed by atoms with Gasteiger partial charge in [-0.25, -0.2) is 4.79 Å². The lowest BCUT2D eigenvalue weighted by Gasteiger charge is -2.26. The highest BCUT2D eigenvalue weighted by Gasteiger charge is 2.32. The quantitative estimate of drug-likeness (QED) is 0.0379. The number of guanidine groups is 1. The molecule has 18 heteroatoms. The maximum atomic E-state index is 13.6. The number of nitrogens with two attached hydrogens (primary N) is 3. The van der Waals surface area contributed by atoms with Crippen molar-refractivity contribution in [2.75, 3.05) is 18.6 Å². The normalized spacial score (nSPS) is 13.7. The third-order valence-corrected chi connectivity index (χ3v) is 8.37. The first kappa shape index (κ1) is 42.8. The minimum atomic E-state index is -1.46. The lowest BCUT2D eigenvalue weighted by Crippen LogP contribution is -2.58. The van der Waals surface area contributed by atoms with Gasteiger partial charge in [0.05, 0.1) is 6.04 Å². The van der Waals surface area contributed by atoms with E-state index in [0.717, 1.165) is 0 Å². The summed E-state index contributed by atoms with van der Waals surface area (Å²) in [5.74, 6) is -5.46. The Morgan fingerprint density at radius 3 is 1.77 bits per heavy atom. The van der Waals surface area contributed by atoms with E-state index in [1.165, 1.54) is 23.9 Å². The predicted molar refractivity (Wildman–Crippen MR) is 195 cm³/mol.